The molecule has 2 rings (SSSR count). The van der Waals surface area contributed by atoms with Gasteiger partial charge in [0.1, 0.15) is 11.6 Å². The molecule has 1 aliphatic carbocycles. The highest BCUT2D eigenvalue weighted by molar-refractivity contribution is 5.86. The highest BCUT2D eigenvalue weighted by atomic mass is 16.6. The number of alkyl carbamates (subject to hydrolysis) is 1. The number of rotatable bonds is 5. The first-order valence-electron chi connectivity index (χ1n) is 10.9. The van der Waals surface area contributed by atoms with Crippen LogP contribution in [0.15, 0.2) is 0 Å². The zero-order valence-electron chi connectivity index (χ0n) is 17.9. The first-order valence-corrected chi connectivity index (χ1v) is 10.9. The van der Waals surface area contributed by atoms with Crippen molar-refractivity contribution < 1.29 is 19.4 Å². The number of hydrogen-bond donors (Lipinski definition) is 4. The van der Waals surface area contributed by atoms with Gasteiger partial charge in [-0.1, -0.05) is 32.1 Å². The molecule has 2 fully saturated rings. The van der Waals surface area contributed by atoms with Gasteiger partial charge in [-0.25, -0.2) is 4.79 Å². The van der Waals surface area contributed by atoms with Crippen molar-refractivity contribution in [2.24, 2.45) is 5.92 Å². The van der Waals surface area contributed by atoms with E-state index in [2.05, 4.69) is 22.9 Å². The first-order chi connectivity index (χ1) is 13.1. The minimum absolute atomic E-state index is 0.227. The number of β-amino-alcohol motifs (C(OH)–C–C–N with tert-alkyl or cyclic N) is 1. The lowest BCUT2D eigenvalue weighted by molar-refractivity contribution is -0.125. The Labute approximate surface area is 169 Å². The van der Waals surface area contributed by atoms with Crippen molar-refractivity contribution in [1.82, 2.24) is 16.0 Å². The fraction of sp³-hybridized carbons (Fsp3) is 0.905. The van der Waals surface area contributed by atoms with Crippen LogP contribution in [-0.4, -0.2) is 53.5 Å². The molecule has 0 aromatic rings. The summed E-state index contributed by atoms with van der Waals surface area (Å²) >= 11 is 0. The molecule has 0 aromatic heterocycles. The normalized spacial score (nSPS) is 28.1. The van der Waals surface area contributed by atoms with E-state index in [1.54, 1.807) is 20.8 Å². The molecule has 0 bridgehead atoms. The lowest BCUT2D eigenvalue weighted by Gasteiger charge is -2.29. The highest BCUT2D eigenvalue weighted by Gasteiger charge is 2.31. The van der Waals surface area contributed by atoms with E-state index in [-0.39, 0.29) is 11.9 Å². The summed E-state index contributed by atoms with van der Waals surface area (Å²) in [6.45, 7) is 7.95. The molecule has 0 aromatic carbocycles. The van der Waals surface area contributed by atoms with Crippen LogP contribution in [0.25, 0.3) is 0 Å². The standard InChI is InChI=1S/C21H39N3O4/c1-14-10-11-16(18(25)13-22-14)23-19(26)17(12-15-8-6-5-7-9-15)24-20(27)28-21(2,3)4/h14-18,22,25H,5-13H2,1-4H3,(H,23,26)(H,24,27)/t14-,16+,17+,18-/m1/s1. The van der Waals surface area contributed by atoms with Crippen LogP contribution in [-0.2, 0) is 9.53 Å². The Bertz CT molecular complexity index is 514. The highest BCUT2D eigenvalue weighted by Crippen LogP contribution is 2.27. The Balaban J connectivity index is 2.01. The van der Waals surface area contributed by atoms with Crippen molar-refractivity contribution in [3.63, 3.8) is 0 Å². The summed E-state index contributed by atoms with van der Waals surface area (Å²) in [5, 5.41) is 19.4. The van der Waals surface area contributed by atoms with Crippen LogP contribution < -0.4 is 16.0 Å². The van der Waals surface area contributed by atoms with Crippen LogP contribution in [0.4, 0.5) is 4.79 Å². The molecule has 0 radical (unpaired) electrons. The van der Waals surface area contributed by atoms with Gasteiger partial charge in [0, 0.05) is 12.6 Å². The van der Waals surface area contributed by atoms with E-state index in [0.717, 1.165) is 19.3 Å². The Kier molecular flexibility index (Phi) is 8.56. The van der Waals surface area contributed by atoms with Crippen molar-refractivity contribution in [3.05, 3.63) is 0 Å². The SMILES string of the molecule is C[C@@H]1CC[C@H](NC(=O)[C@H](CC2CCCCC2)NC(=O)OC(C)(C)C)[C@H](O)CN1. The quantitative estimate of drug-likeness (QED) is 0.571. The van der Waals surface area contributed by atoms with Crippen LogP contribution in [0.5, 0.6) is 0 Å². The predicted molar refractivity (Wildman–Crippen MR) is 109 cm³/mol. The third-order valence-corrected chi connectivity index (χ3v) is 5.68. The maximum atomic E-state index is 13.0. The van der Waals surface area contributed by atoms with Crippen molar-refractivity contribution >= 4 is 12.0 Å². The number of ether oxygens (including phenoxy) is 1. The fourth-order valence-electron chi connectivity index (χ4n) is 4.08. The van der Waals surface area contributed by atoms with Crippen LogP contribution in [0.3, 0.4) is 0 Å². The fourth-order valence-corrected chi connectivity index (χ4v) is 4.08. The number of aliphatic hydroxyl groups excluding tert-OH is 1. The van der Waals surface area contributed by atoms with Gasteiger partial charge >= 0.3 is 6.09 Å². The Hall–Kier alpha value is -1.34. The van der Waals surface area contributed by atoms with Gasteiger partial charge in [-0.2, -0.15) is 0 Å². The van der Waals surface area contributed by atoms with Gasteiger partial charge in [-0.3, -0.25) is 4.79 Å². The predicted octanol–water partition coefficient (Wildman–Crippen LogP) is 2.47. The lowest BCUT2D eigenvalue weighted by atomic mass is 9.84. The summed E-state index contributed by atoms with van der Waals surface area (Å²) < 4.78 is 5.36. The van der Waals surface area contributed by atoms with Gasteiger partial charge in [0.15, 0.2) is 0 Å². The van der Waals surface area contributed by atoms with Crippen molar-refractivity contribution in [2.75, 3.05) is 6.54 Å². The van der Waals surface area contributed by atoms with E-state index in [9.17, 15) is 14.7 Å². The van der Waals surface area contributed by atoms with Crippen molar-refractivity contribution in [3.8, 4) is 0 Å². The Morgan fingerprint density at radius 2 is 1.82 bits per heavy atom. The molecule has 1 saturated carbocycles. The molecule has 162 valence electrons. The molecule has 7 nitrogen and oxygen atoms in total. The van der Waals surface area contributed by atoms with Crippen LogP contribution >= 0.6 is 0 Å². The molecule has 4 N–H and O–H groups in total. The van der Waals surface area contributed by atoms with E-state index < -0.39 is 23.8 Å². The number of aliphatic hydroxyl groups is 1. The Morgan fingerprint density at radius 1 is 1.14 bits per heavy atom. The van der Waals surface area contributed by atoms with Crippen molar-refractivity contribution in [1.29, 1.82) is 0 Å². The molecule has 1 aliphatic heterocycles. The van der Waals surface area contributed by atoms with Gasteiger partial charge in [0.2, 0.25) is 5.91 Å². The third kappa shape index (κ3) is 7.95. The lowest BCUT2D eigenvalue weighted by Crippen LogP contribution is -2.54. The molecule has 28 heavy (non-hydrogen) atoms. The van der Waals surface area contributed by atoms with E-state index >= 15 is 0 Å². The molecule has 7 heteroatoms. The molecular formula is C21H39N3O4. The van der Waals surface area contributed by atoms with Gasteiger partial charge in [0.25, 0.3) is 0 Å². The molecule has 1 saturated heterocycles. The number of amides is 2. The minimum Gasteiger partial charge on any atom is -0.444 e. The van der Waals surface area contributed by atoms with Crippen molar-refractivity contribution in [2.45, 2.75) is 109 Å². The number of nitrogens with one attached hydrogen (secondary N) is 3. The third-order valence-electron chi connectivity index (χ3n) is 5.68. The van der Waals surface area contributed by atoms with Crippen LogP contribution in [0.2, 0.25) is 0 Å². The monoisotopic (exact) mass is 397 g/mol. The van der Waals surface area contributed by atoms with Crippen LogP contribution in [0, 0.1) is 5.92 Å². The summed E-state index contributed by atoms with van der Waals surface area (Å²) in [6.07, 6.45) is 6.78. The zero-order valence-corrected chi connectivity index (χ0v) is 17.9. The molecule has 1 heterocycles. The van der Waals surface area contributed by atoms with Gasteiger partial charge in [0.05, 0.1) is 12.1 Å². The van der Waals surface area contributed by atoms with Gasteiger partial charge in [-0.15, -0.1) is 0 Å². The number of carbonyl (C=O) groups is 2. The Morgan fingerprint density at radius 3 is 2.46 bits per heavy atom. The first kappa shape index (κ1) is 22.9. The molecule has 0 spiro atoms. The average molecular weight is 398 g/mol. The topological polar surface area (TPSA) is 99.7 Å². The number of carbonyl (C=O) groups excluding carboxylic acids is 2. The molecule has 2 amide bonds. The molecule has 2 aliphatic rings. The van der Waals surface area contributed by atoms with E-state index in [4.69, 9.17) is 4.74 Å². The molecular weight excluding hydrogens is 358 g/mol. The van der Waals surface area contributed by atoms with E-state index in [1.807, 2.05) is 0 Å². The second-order valence-corrected chi connectivity index (χ2v) is 9.51. The molecule has 0 unspecified atom stereocenters. The van der Waals surface area contributed by atoms with Gasteiger partial charge in [-0.05, 0) is 52.9 Å². The summed E-state index contributed by atoms with van der Waals surface area (Å²) in [5.74, 6) is 0.204. The number of hydrogen-bond acceptors (Lipinski definition) is 5. The van der Waals surface area contributed by atoms with Crippen LogP contribution in [0.1, 0.15) is 79.1 Å². The zero-order chi connectivity index (χ0) is 20.7. The summed E-state index contributed by atoms with van der Waals surface area (Å²) in [6, 6.07) is -0.632. The maximum Gasteiger partial charge on any atom is 0.408 e. The summed E-state index contributed by atoms with van der Waals surface area (Å²) in [7, 11) is 0. The van der Waals surface area contributed by atoms with Gasteiger partial charge < -0.3 is 25.8 Å². The van der Waals surface area contributed by atoms with E-state index in [0.29, 0.717) is 31.3 Å². The maximum absolute atomic E-state index is 13.0. The second-order valence-electron chi connectivity index (χ2n) is 9.51. The smallest absolute Gasteiger partial charge is 0.408 e. The summed E-state index contributed by atoms with van der Waals surface area (Å²) in [4.78, 5) is 25.3. The average Bonchev–Trinajstić information content (AvgIpc) is 2.76. The van der Waals surface area contributed by atoms with E-state index in [1.165, 1.54) is 19.3 Å². The summed E-state index contributed by atoms with van der Waals surface area (Å²) in [5.41, 5.74) is -0.616. The second kappa shape index (κ2) is 10.4. The molecule has 4 atom stereocenters. The minimum atomic E-state index is -0.640. The largest absolute Gasteiger partial charge is 0.444 e.